The lowest BCUT2D eigenvalue weighted by molar-refractivity contribution is -0.125. The van der Waals surface area contributed by atoms with Gasteiger partial charge in [-0.05, 0) is 32.6 Å². The summed E-state index contributed by atoms with van der Waals surface area (Å²) in [6, 6.07) is 2.01. The second-order valence-corrected chi connectivity index (χ2v) is 7.48. The lowest BCUT2D eigenvalue weighted by Crippen LogP contribution is -2.42. The summed E-state index contributed by atoms with van der Waals surface area (Å²) in [7, 11) is 0. The van der Waals surface area contributed by atoms with Gasteiger partial charge >= 0.3 is 0 Å². The van der Waals surface area contributed by atoms with Gasteiger partial charge < -0.3 is 20.5 Å². The Hall–Kier alpha value is -2.05. The molecule has 1 aromatic heterocycles. The zero-order valence-electron chi connectivity index (χ0n) is 17.7. The van der Waals surface area contributed by atoms with Gasteiger partial charge in [0, 0.05) is 37.5 Å². The number of carbonyl (C=O) groups is 1. The summed E-state index contributed by atoms with van der Waals surface area (Å²) in [6.07, 6.45) is 7.78. The minimum Gasteiger partial charge on any atom is -0.359 e. The van der Waals surface area contributed by atoms with Crippen molar-refractivity contribution in [1.82, 2.24) is 21.1 Å². The fourth-order valence-electron chi connectivity index (χ4n) is 3.68. The predicted molar refractivity (Wildman–Crippen MR) is 112 cm³/mol. The highest BCUT2D eigenvalue weighted by Crippen LogP contribution is 2.23. The topological polar surface area (TPSA) is 91.6 Å². The Morgan fingerprint density at radius 1 is 1.14 bits per heavy atom. The van der Waals surface area contributed by atoms with Gasteiger partial charge in [0.25, 0.3) is 0 Å². The Morgan fingerprint density at radius 2 is 1.86 bits per heavy atom. The Labute approximate surface area is 169 Å². The van der Waals surface area contributed by atoms with Crippen LogP contribution in [0.3, 0.4) is 0 Å². The molecule has 0 aromatic carbocycles. The molecule has 1 aliphatic rings. The molecule has 0 atom stereocenters. The van der Waals surface area contributed by atoms with Crippen molar-refractivity contribution >= 4 is 11.9 Å². The van der Waals surface area contributed by atoms with E-state index >= 15 is 0 Å². The number of nitrogens with one attached hydrogen (secondary N) is 3. The zero-order valence-corrected chi connectivity index (χ0v) is 17.7. The van der Waals surface area contributed by atoms with Gasteiger partial charge in [0.05, 0.1) is 5.69 Å². The molecule has 3 N–H and O–H groups in total. The van der Waals surface area contributed by atoms with Crippen molar-refractivity contribution in [3.05, 3.63) is 17.5 Å². The number of carbonyl (C=O) groups excluding carboxylic acids is 1. The molecule has 28 heavy (non-hydrogen) atoms. The van der Waals surface area contributed by atoms with E-state index in [4.69, 9.17) is 4.52 Å². The summed E-state index contributed by atoms with van der Waals surface area (Å²) < 4.78 is 5.43. The van der Waals surface area contributed by atoms with E-state index in [9.17, 15) is 4.79 Å². The van der Waals surface area contributed by atoms with E-state index in [0.29, 0.717) is 25.6 Å². The number of guanidine groups is 1. The first-order chi connectivity index (χ1) is 13.7. The van der Waals surface area contributed by atoms with E-state index in [1.165, 1.54) is 19.3 Å². The van der Waals surface area contributed by atoms with Crippen LogP contribution >= 0.6 is 0 Å². The van der Waals surface area contributed by atoms with E-state index in [0.717, 1.165) is 49.6 Å². The molecule has 2 rings (SSSR count). The molecule has 0 bridgehead atoms. The molecular formula is C21H37N5O2. The van der Waals surface area contributed by atoms with Crippen LogP contribution < -0.4 is 16.0 Å². The van der Waals surface area contributed by atoms with Gasteiger partial charge in [0.1, 0.15) is 6.54 Å². The average Bonchev–Trinajstić information content (AvgIpc) is 3.19. The minimum atomic E-state index is 0.194. The maximum atomic E-state index is 12.2. The molecule has 0 unspecified atom stereocenters. The van der Waals surface area contributed by atoms with Crippen molar-refractivity contribution < 1.29 is 9.32 Å². The summed E-state index contributed by atoms with van der Waals surface area (Å²) >= 11 is 0. The molecule has 1 amide bonds. The molecule has 7 heteroatoms. The van der Waals surface area contributed by atoms with Crippen molar-refractivity contribution in [1.29, 1.82) is 0 Å². The van der Waals surface area contributed by atoms with Crippen LogP contribution in [0, 0.1) is 5.92 Å². The molecule has 7 nitrogen and oxygen atoms in total. The van der Waals surface area contributed by atoms with Crippen LogP contribution in [-0.2, 0) is 11.3 Å². The Bertz CT molecular complexity index is 604. The van der Waals surface area contributed by atoms with Gasteiger partial charge in [-0.15, -0.1) is 0 Å². The third-order valence-electron chi connectivity index (χ3n) is 5.41. The molecule has 158 valence electrons. The van der Waals surface area contributed by atoms with Crippen LogP contribution in [0.15, 0.2) is 15.6 Å². The fraction of sp³-hybridized carbons (Fsp3) is 0.762. The van der Waals surface area contributed by atoms with E-state index in [1.54, 1.807) is 0 Å². The number of hydrogen-bond donors (Lipinski definition) is 3. The van der Waals surface area contributed by atoms with Crippen molar-refractivity contribution in [2.75, 3.05) is 19.6 Å². The second kappa shape index (κ2) is 12.4. The number of rotatable bonds is 10. The lowest BCUT2D eigenvalue weighted by Gasteiger charge is -2.20. The smallest absolute Gasteiger partial charge is 0.223 e. The van der Waals surface area contributed by atoms with Crippen molar-refractivity contribution in [3.8, 4) is 0 Å². The van der Waals surface area contributed by atoms with E-state index in [2.05, 4.69) is 39.9 Å². The third kappa shape index (κ3) is 7.17. The van der Waals surface area contributed by atoms with Crippen LogP contribution in [0.5, 0.6) is 0 Å². The minimum absolute atomic E-state index is 0.194. The van der Waals surface area contributed by atoms with Crippen LogP contribution in [0.2, 0.25) is 0 Å². The highest BCUT2D eigenvalue weighted by molar-refractivity contribution is 5.80. The third-order valence-corrected chi connectivity index (χ3v) is 5.41. The first kappa shape index (κ1) is 22.2. The maximum absolute atomic E-state index is 12.2. The summed E-state index contributed by atoms with van der Waals surface area (Å²) in [4.78, 5) is 16.7. The normalized spacial score (nSPS) is 15.6. The Morgan fingerprint density at radius 3 is 2.54 bits per heavy atom. The molecule has 1 saturated carbocycles. The van der Waals surface area contributed by atoms with Gasteiger partial charge in [0.15, 0.2) is 11.7 Å². The number of amides is 1. The molecule has 0 radical (unpaired) electrons. The van der Waals surface area contributed by atoms with E-state index in [-0.39, 0.29) is 11.8 Å². The monoisotopic (exact) mass is 391 g/mol. The highest BCUT2D eigenvalue weighted by atomic mass is 16.5. The summed E-state index contributed by atoms with van der Waals surface area (Å²) in [5.41, 5.74) is 1.01. The van der Waals surface area contributed by atoms with Crippen LogP contribution in [-0.4, -0.2) is 36.7 Å². The van der Waals surface area contributed by atoms with Crippen molar-refractivity contribution in [2.45, 2.75) is 78.2 Å². The van der Waals surface area contributed by atoms with Gasteiger partial charge in [0.2, 0.25) is 5.91 Å². The quantitative estimate of drug-likeness (QED) is 0.323. The summed E-state index contributed by atoms with van der Waals surface area (Å²) in [5, 5.41) is 13.7. The number of nitrogens with zero attached hydrogens (tertiary/aromatic N) is 2. The van der Waals surface area contributed by atoms with Crippen LogP contribution in [0.1, 0.15) is 83.1 Å². The van der Waals surface area contributed by atoms with Gasteiger partial charge in [-0.1, -0.05) is 38.3 Å². The summed E-state index contributed by atoms with van der Waals surface area (Å²) in [5.74, 6) is 2.32. The van der Waals surface area contributed by atoms with Crippen molar-refractivity contribution in [3.63, 3.8) is 0 Å². The number of aromatic nitrogens is 1. The van der Waals surface area contributed by atoms with E-state index in [1.807, 2.05) is 13.0 Å². The standard InChI is InChI=1S/C21H37N5O2/c1-4-16(5-2)19-14-18(28-26-19)15-25-21(22-6-3)24-13-12-23-20(27)17-10-8-7-9-11-17/h14,16-17H,4-13,15H2,1-3H3,(H,23,27)(H2,22,24,25). The van der Waals surface area contributed by atoms with Gasteiger partial charge in [-0.25, -0.2) is 4.99 Å². The SMILES string of the molecule is CCNC(=NCc1cc(C(CC)CC)no1)NCCNC(=O)C1CCCCC1. The second-order valence-electron chi connectivity index (χ2n) is 7.48. The first-order valence-corrected chi connectivity index (χ1v) is 10.9. The molecule has 1 fully saturated rings. The molecule has 0 spiro atoms. The number of aliphatic imine (C=N–C) groups is 1. The zero-order chi connectivity index (χ0) is 20.2. The largest absolute Gasteiger partial charge is 0.359 e. The van der Waals surface area contributed by atoms with Crippen LogP contribution in [0.25, 0.3) is 0 Å². The lowest BCUT2D eigenvalue weighted by atomic mass is 9.89. The molecular weight excluding hydrogens is 354 g/mol. The molecule has 0 aliphatic heterocycles. The summed E-state index contributed by atoms with van der Waals surface area (Å²) in [6.45, 7) is 8.82. The molecule has 1 aliphatic carbocycles. The average molecular weight is 392 g/mol. The van der Waals surface area contributed by atoms with Crippen molar-refractivity contribution in [2.24, 2.45) is 10.9 Å². The maximum Gasteiger partial charge on any atom is 0.223 e. The Kier molecular flexibility index (Phi) is 9.86. The number of hydrogen-bond acceptors (Lipinski definition) is 4. The van der Waals surface area contributed by atoms with Gasteiger partial charge in [-0.3, -0.25) is 4.79 Å². The van der Waals surface area contributed by atoms with Gasteiger partial charge in [-0.2, -0.15) is 0 Å². The fourth-order valence-corrected chi connectivity index (χ4v) is 3.68. The first-order valence-electron chi connectivity index (χ1n) is 10.9. The molecule has 1 aromatic rings. The van der Waals surface area contributed by atoms with Crippen LogP contribution in [0.4, 0.5) is 0 Å². The molecule has 1 heterocycles. The van der Waals surface area contributed by atoms with E-state index < -0.39 is 0 Å². The Balaban J connectivity index is 1.76. The highest BCUT2D eigenvalue weighted by Gasteiger charge is 2.20. The molecule has 0 saturated heterocycles. The predicted octanol–water partition coefficient (Wildman–Crippen LogP) is 3.33.